The molecule has 0 aliphatic rings. The summed E-state index contributed by atoms with van der Waals surface area (Å²) in [6.07, 6.45) is 3.18. The highest BCUT2D eigenvalue weighted by atomic mass is 32.2. The number of sulfonamides is 1. The molecule has 0 unspecified atom stereocenters. The smallest absolute Gasteiger partial charge is 0.241 e. The standard InChI is InChI=1S/C9H11N3O3S2/c13-5-7-3-8(6-16-7)17(14,15)12-4-9-10-1-2-11-9/h1-3,6,12-13H,4-5H2,(H,10,11). The van der Waals surface area contributed by atoms with Crippen molar-refractivity contribution in [2.75, 3.05) is 0 Å². The fraction of sp³-hybridized carbons (Fsp3) is 0.222. The molecule has 6 nitrogen and oxygen atoms in total. The van der Waals surface area contributed by atoms with Crippen molar-refractivity contribution < 1.29 is 13.5 Å². The summed E-state index contributed by atoms with van der Waals surface area (Å²) in [5.74, 6) is 0.547. The third-order valence-corrected chi connectivity index (χ3v) is 4.53. The number of aromatic amines is 1. The summed E-state index contributed by atoms with van der Waals surface area (Å²) in [4.78, 5) is 7.50. The van der Waals surface area contributed by atoms with Crippen LogP contribution in [0.1, 0.15) is 10.7 Å². The van der Waals surface area contributed by atoms with Crippen molar-refractivity contribution in [1.29, 1.82) is 0 Å². The minimum absolute atomic E-state index is 0.111. The molecular weight excluding hydrogens is 262 g/mol. The first kappa shape index (κ1) is 12.2. The highest BCUT2D eigenvalue weighted by molar-refractivity contribution is 7.89. The van der Waals surface area contributed by atoms with E-state index in [1.807, 2.05) is 0 Å². The number of aliphatic hydroxyl groups excluding tert-OH is 1. The summed E-state index contributed by atoms with van der Waals surface area (Å²) >= 11 is 1.21. The molecule has 3 N–H and O–H groups in total. The largest absolute Gasteiger partial charge is 0.391 e. The average molecular weight is 273 g/mol. The van der Waals surface area contributed by atoms with Gasteiger partial charge >= 0.3 is 0 Å². The second-order valence-electron chi connectivity index (χ2n) is 3.27. The summed E-state index contributed by atoms with van der Waals surface area (Å²) in [7, 11) is -3.54. The first-order valence-electron chi connectivity index (χ1n) is 4.78. The van der Waals surface area contributed by atoms with Gasteiger partial charge < -0.3 is 10.1 Å². The number of hydrogen-bond donors (Lipinski definition) is 3. The van der Waals surface area contributed by atoms with E-state index in [2.05, 4.69) is 14.7 Å². The lowest BCUT2D eigenvalue weighted by molar-refractivity contribution is 0.285. The summed E-state index contributed by atoms with van der Waals surface area (Å²) < 4.78 is 26.1. The van der Waals surface area contributed by atoms with Gasteiger partial charge in [-0.2, -0.15) is 0 Å². The van der Waals surface area contributed by atoms with Crippen molar-refractivity contribution >= 4 is 21.4 Å². The Hall–Kier alpha value is -1.22. The Morgan fingerprint density at radius 3 is 2.94 bits per heavy atom. The Labute approximate surface area is 102 Å². The van der Waals surface area contributed by atoms with Gasteiger partial charge in [0.15, 0.2) is 0 Å². The number of hydrogen-bond acceptors (Lipinski definition) is 5. The number of imidazole rings is 1. The zero-order chi connectivity index (χ0) is 12.3. The molecule has 0 saturated heterocycles. The predicted molar refractivity (Wildman–Crippen MR) is 62.9 cm³/mol. The Kier molecular flexibility index (Phi) is 3.57. The quantitative estimate of drug-likeness (QED) is 0.736. The predicted octanol–water partition coefficient (Wildman–Crippen LogP) is 0.442. The molecule has 0 aliphatic heterocycles. The molecule has 2 aromatic heterocycles. The lowest BCUT2D eigenvalue weighted by atomic mass is 10.5. The summed E-state index contributed by atoms with van der Waals surface area (Å²) in [6.45, 7) is -0.0436. The van der Waals surface area contributed by atoms with E-state index >= 15 is 0 Å². The molecular formula is C9H11N3O3S2. The van der Waals surface area contributed by atoms with Crippen LogP contribution in [0.15, 0.2) is 28.7 Å². The van der Waals surface area contributed by atoms with Gasteiger partial charge in [-0.05, 0) is 6.07 Å². The molecule has 17 heavy (non-hydrogen) atoms. The van der Waals surface area contributed by atoms with E-state index in [-0.39, 0.29) is 18.0 Å². The van der Waals surface area contributed by atoms with Gasteiger partial charge in [-0.1, -0.05) is 0 Å². The molecule has 0 aromatic carbocycles. The second kappa shape index (κ2) is 4.96. The van der Waals surface area contributed by atoms with E-state index < -0.39 is 10.0 Å². The molecule has 2 rings (SSSR count). The van der Waals surface area contributed by atoms with Crippen LogP contribution in [0.2, 0.25) is 0 Å². The molecule has 0 atom stereocenters. The number of aromatic nitrogens is 2. The number of nitrogens with zero attached hydrogens (tertiary/aromatic N) is 1. The Balaban J connectivity index is 2.08. The molecule has 0 saturated carbocycles. The van der Waals surface area contributed by atoms with Crippen LogP contribution in [0, 0.1) is 0 Å². The number of nitrogens with one attached hydrogen (secondary N) is 2. The topological polar surface area (TPSA) is 95.1 Å². The van der Waals surface area contributed by atoms with E-state index in [0.29, 0.717) is 10.7 Å². The van der Waals surface area contributed by atoms with E-state index in [0.717, 1.165) is 0 Å². The molecule has 0 bridgehead atoms. The molecule has 0 radical (unpaired) electrons. The third-order valence-electron chi connectivity index (χ3n) is 2.08. The monoisotopic (exact) mass is 273 g/mol. The fourth-order valence-electron chi connectivity index (χ4n) is 1.23. The first-order valence-corrected chi connectivity index (χ1v) is 7.14. The van der Waals surface area contributed by atoms with Crippen LogP contribution >= 0.6 is 11.3 Å². The molecule has 92 valence electrons. The zero-order valence-electron chi connectivity index (χ0n) is 8.75. The maximum absolute atomic E-state index is 11.8. The van der Waals surface area contributed by atoms with Gasteiger partial charge in [0.1, 0.15) is 5.82 Å². The van der Waals surface area contributed by atoms with Crippen molar-refractivity contribution in [3.05, 3.63) is 34.5 Å². The molecule has 2 heterocycles. The van der Waals surface area contributed by atoms with Crippen LogP contribution in [-0.2, 0) is 23.2 Å². The van der Waals surface area contributed by atoms with Crippen molar-refractivity contribution in [3.8, 4) is 0 Å². The van der Waals surface area contributed by atoms with Crippen LogP contribution in [0.5, 0.6) is 0 Å². The minimum atomic E-state index is -3.54. The van der Waals surface area contributed by atoms with Gasteiger partial charge in [0.05, 0.1) is 18.0 Å². The lowest BCUT2D eigenvalue weighted by Crippen LogP contribution is -2.23. The van der Waals surface area contributed by atoms with Gasteiger partial charge in [-0.15, -0.1) is 11.3 Å². The maximum atomic E-state index is 11.8. The highest BCUT2D eigenvalue weighted by Crippen LogP contribution is 2.19. The van der Waals surface area contributed by atoms with Crippen LogP contribution in [0.3, 0.4) is 0 Å². The van der Waals surface area contributed by atoms with Gasteiger partial charge in [0, 0.05) is 22.7 Å². The van der Waals surface area contributed by atoms with Crippen LogP contribution in [0.25, 0.3) is 0 Å². The molecule has 0 aliphatic carbocycles. The molecule has 0 fully saturated rings. The van der Waals surface area contributed by atoms with Crippen LogP contribution in [-0.4, -0.2) is 23.5 Å². The maximum Gasteiger partial charge on any atom is 0.241 e. The van der Waals surface area contributed by atoms with Crippen molar-refractivity contribution in [2.24, 2.45) is 0 Å². The third kappa shape index (κ3) is 2.91. The van der Waals surface area contributed by atoms with E-state index in [9.17, 15) is 8.42 Å². The first-order chi connectivity index (χ1) is 8.12. The van der Waals surface area contributed by atoms with Crippen LogP contribution < -0.4 is 4.72 Å². The SMILES string of the molecule is O=S(=O)(NCc1ncc[nH]1)c1csc(CO)c1. The molecule has 2 aromatic rings. The van der Waals surface area contributed by atoms with Crippen molar-refractivity contribution in [1.82, 2.24) is 14.7 Å². The van der Waals surface area contributed by atoms with E-state index in [1.54, 1.807) is 12.4 Å². The van der Waals surface area contributed by atoms with E-state index in [4.69, 9.17) is 5.11 Å². The second-order valence-corrected chi connectivity index (χ2v) is 6.03. The average Bonchev–Trinajstić information content (AvgIpc) is 2.98. The van der Waals surface area contributed by atoms with Gasteiger partial charge in [0.2, 0.25) is 10.0 Å². The van der Waals surface area contributed by atoms with Crippen molar-refractivity contribution in [3.63, 3.8) is 0 Å². The normalized spacial score (nSPS) is 11.8. The summed E-state index contributed by atoms with van der Waals surface area (Å²) in [5.41, 5.74) is 0. The minimum Gasteiger partial charge on any atom is -0.391 e. The van der Waals surface area contributed by atoms with Crippen molar-refractivity contribution in [2.45, 2.75) is 18.0 Å². The zero-order valence-corrected chi connectivity index (χ0v) is 10.4. The lowest BCUT2D eigenvalue weighted by Gasteiger charge is -2.02. The number of H-pyrrole nitrogens is 1. The molecule has 0 spiro atoms. The number of rotatable bonds is 5. The summed E-state index contributed by atoms with van der Waals surface area (Å²) in [5, 5.41) is 10.4. The Morgan fingerprint density at radius 1 is 1.53 bits per heavy atom. The summed E-state index contributed by atoms with van der Waals surface area (Å²) in [6, 6.07) is 1.45. The number of thiophene rings is 1. The van der Waals surface area contributed by atoms with E-state index in [1.165, 1.54) is 22.8 Å². The van der Waals surface area contributed by atoms with Gasteiger partial charge in [-0.25, -0.2) is 18.1 Å². The fourth-order valence-corrected chi connectivity index (χ4v) is 3.35. The highest BCUT2D eigenvalue weighted by Gasteiger charge is 2.16. The Morgan fingerprint density at radius 2 is 2.35 bits per heavy atom. The van der Waals surface area contributed by atoms with Gasteiger partial charge in [-0.3, -0.25) is 0 Å². The molecule has 0 amide bonds. The Bertz CT molecular complexity index is 574. The number of aliphatic hydroxyl groups is 1. The van der Waals surface area contributed by atoms with Gasteiger partial charge in [0.25, 0.3) is 0 Å². The van der Waals surface area contributed by atoms with Crippen LogP contribution in [0.4, 0.5) is 0 Å². The molecule has 8 heteroatoms.